The molecule has 0 aliphatic rings. The molecule has 3 aromatic rings. The van der Waals surface area contributed by atoms with E-state index < -0.39 is 4.92 Å². The zero-order valence-corrected chi connectivity index (χ0v) is 13.4. The second-order valence-electron chi connectivity index (χ2n) is 4.62. The summed E-state index contributed by atoms with van der Waals surface area (Å²) in [6, 6.07) is 7.46. The average Bonchev–Trinajstić information content (AvgIpc) is 3.09. The van der Waals surface area contributed by atoms with Crippen molar-refractivity contribution in [2.24, 2.45) is 0 Å². The number of hydrogen-bond acceptors (Lipinski definition) is 8. The van der Waals surface area contributed by atoms with Gasteiger partial charge in [-0.25, -0.2) is 15.0 Å². The van der Waals surface area contributed by atoms with Gasteiger partial charge in [-0.2, -0.15) is 0 Å². The summed E-state index contributed by atoms with van der Waals surface area (Å²) in [7, 11) is 1.61. The molecule has 0 bridgehead atoms. The van der Waals surface area contributed by atoms with Crippen molar-refractivity contribution in [1.29, 1.82) is 0 Å². The number of aromatic nitrogens is 3. The minimum atomic E-state index is -0.538. The summed E-state index contributed by atoms with van der Waals surface area (Å²) in [6.07, 6.45) is 4.00. The van der Waals surface area contributed by atoms with Gasteiger partial charge in [-0.3, -0.25) is 10.1 Å². The Kier molecular flexibility index (Phi) is 4.71. The number of ether oxygens (including phenoxy) is 1. The monoisotopic (exact) mass is 344 g/mol. The van der Waals surface area contributed by atoms with Gasteiger partial charge in [-0.15, -0.1) is 0 Å². The van der Waals surface area contributed by atoms with Gasteiger partial charge in [0.1, 0.15) is 18.1 Å². The number of nitro groups is 1. The van der Waals surface area contributed by atoms with E-state index in [1.165, 1.54) is 24.2 Å². The quantitative estimate of drug-likeness (QED) is 0.290. The van der Waals surface area contributed by atoms with Crippen molar-refractivity contribution in [3.05, 3.63) is 58.9 Å². The molecule has 8 nitrogen and oxygen atoms in total. The lowest BCUT2D eigenvalue weighted by Crippen LogP contribution is -1.92. The van der Waals surface area contributed by atoms with E-state index in [0.717, 1.165) is 11.3 Å². The molecule has 0 radical (unpaired) electrons. The fourth-order valence-corrected chi connectivity index (χ4v) is 2.51. The number of nitrogens with zero attached hydrogens (tertiary/aromatic N) is 4. The zero-order valence-electron chi connectivity index (χ0n) is 12.6. The third-order valence-electron chi connectivity index (χ3n) is 3.08. The molecule has 0 spiro atoms. The summed E-state index contributed by atoms with van der Waals surface area (Å²) < 4.78 is 10.8. The maximum absolute atomic E-state index is 10.6. The van der Waals surface area contributed by atoms with Crippen molar-refractivity contribution >= 4 is 17.4 Å². The fraction of sp³-hybridized carbons (Fsp3) is 0.133. The number of rotatable bonds is 6. The molecule has 0 amide bonds. The van der Waals surface area contributed by atoms with E-state index in [-0.39, 0.29) is 5.69 Å². The van der Waals surface area contributed by atoms with Crippen LogP contribution in [0, 0.1) is 10.1 Å². The number of oxazole rings is 1. The third-order valence-corrected chi connectivity index (χ3v) is 3.94. The van der Waals surface area contributed by atoms with Gasteiger partial charge in [-0.1, -0.05) is 11.8 Å². The van der Waals surface area contributed by atoms with Crippen molar-refractivity contribution in [1.82, 2.24) is 15.0 Å². The molecule has 24 heavy (non-hydrogen) atoms. The second kappa shape index (κ2) is 7.09. The molecular weight excluding hydrogens is 332 g/mol. The Morgan fingerprint density at radius 1 is 1.17 bits per heavy atom. The Hall–Kier alpha value is -2.94. The van der Waals surface area contributed by atoms with E-state index >= 15 is 0 Å². The standard InChI is InChI=1S/C15H12N4O4S/c1-22-12-4-2-10(3-5-12)13-8-16-14(23-13)9-24-15-17-6-11(7-18-15)19(20)21/h2-8H,9H2,1H3. The van der Waals surface area contributed by atoms with Crippen LogP contribution < -0.4 is 4.74 Å². The Labute approximate surface area is 141 Å². The van der Waals surface area contributed by atoms with Crippen molar-refractivity contribution in [3.8, 4) is 17.1 Å². The number of thioether (sulfide) groups is 1. The smallest absolute Gasteiger partial charge is 0.305 e. The maximum Gasteiger partial charge on any atom is 0.305 e. The van der Waals surface area contributed by atoms with Crippen LogP contribution in [0.1, 0.15) is 5.89 Å². The van der Waals surface area contributed by atoms with Crippen LogP contribution in [0.3, 0.4) is 0 Å². The van der Waals surface area contributed by atoms with Crippen LogP contribution in [0.25, 0.3) is 11.3 Å². The predicted molar refractivity (Wildman–Crippen MR) is 86.7 cm³/mol. The number of methoxy groups -OCH3 is 1. The summed E-state index contributed by atoms with van der Waals surface area (Å²) in [5.74, 6) is 2.36. The molecule has 3 rings (SSSR count). The van der Waals surface area contributed by atoms with Gasteiger partial charge in [-0.05, 0) is 24.3 Å². The van der Waals surface area contributed by atoms with Crippen LogP contribution in [-0.4, -0.2) is 27.0 Å². The maximum atomic E-state index is 10.6. The molecular formula is C15H12N4O4S. The number of hydrogen-bond donors (Lipinski definition) is 0. The fourth-order valence-electron chi connectivity index (χ4n) is 1.87. The number of benzene rings is 1. The molecule has 0 aliphatic carbocycles. The first kappa shape index (κ1) is 15.9. The summed E-state index contributed by atoms with van der Waals surface area (Å²) in [6.45, 7) is 0. The van der Waals surface area contributed by atoms with Gasteiger partial charge < -0.3 is 9.15 Å². The first-order valence-corrected chi connectivity index (χ1v) is 7.82. The van der Waals surface area contributed by atoms with Crippen LogP contribution in [0.2, 0.25) is 0 Å². The topological polar surface area (TPSA) is 104 Å². The van der Waals surface area contributed by atoms with E-state index in [1.54, 1.807) is 13.3 Å². The molecule has 0 saturated heterocycles. The van der Waals surface area contributed by atoms with Gasteiger partial charge in [0.25, 0.3) is 0 Å². The van der Waals surface area contributed by atoms with Gasteiger partial charge in [0.15, 0.2) is 10.9 Å². The molecule has 122 valence electrons. The highest BCUT2D eigenvalue weighted by atomic mass is 32.2. The minimum absolute atomic E-state index is 0.141. The molecule has 2 aromatic heterocycles. The van der Waals surface area contributed by atoms with Crippen molar-refractivity contribution in [2.45, 2.75) is 10.9 Å². The lowest BCUT2D eigenvalue weighted by atomic mass is 10.2. The lowest BCUT2D eigenvalue weighted by Gasteiger charge is -2.00. The molecule has 2 heterocycles. The first-order valence-electron chi connectivity index (χ1n) is 6.84. The molecule has 0 fully saturated rings. The lowest BCUT2D eigenvalue weighted by molar-refractivity contribution is -0.385. The van der Waals surface area contributed by atoms with E-state index in [0.29, 0.717) is 22.6 Å². The predicted octanol–water partition coefficient (Wildman–Crippen LogP) is 3.34. The summed E-state index contributed by atoms with van der Waals surface area (Å²) >= 11 is 1.29. The van der Waals surface area contributed by atoms with Crippen LogP contribution in [0.5, 0.6) is 5.75 Å². The van der Waals surface area contributed by atoms with E-state index in [2.05, 4.69) is 15.0 Å². The first-order chi connectivity index (χ1) is 11.7. The van der Waals surface area contributed by atoms with E-state index in [1.807, 2.05) is 24.3 Å². The minimum Gasteiger partial charge on any atom is -0.497 e. The van der Waals surface area contributed by atoms with Crippen LogP contribution in [-0.2, 0) is 5.75 Å². The molecule has 0 saturated carbocycles. The van der Waals surface area contributed by atoms with E-state index in [9.17, 15) is 10.1 Å². The molecule has 0 atom stereocenters. The summed E-state index contributed by atoms with van der Waals surface area (Å²) in [4.78, 5) is 22.1. The third kappa shape index (κ3) is 3.69. The molecule has 0 unspecified atom stereocenters. The van der Waals surface area contributed by atoms with Crippen molar-refractivity contribution in [3.63, 3.8) is 0 Å². The van der Waals surface area contributed by atoms with Crippen LogP contribution in [0.4, 0.5) is 5.69 Å². The largest absolute Gasteiger partial charge is 0.497 e. The van der Waals surface area contributed by atoms with Gasteiger partial charge in [0.05, 0.1) is 24.0 Å². The second-order valence-corrected chi connectivity index (χ2v) is 5.56. The molecule has 9 heteroatoms. The SMILES string of the molecule is COc1ccc(-c2cnc(CSc3ncc([N+](=O)[O-])cn3)o2)cc1. The molecule has 0 aliphatic heterocycles. The van der Waals surface area contributed by atoms with Gasteiger partial charge in [0.2, 0.25) is 5.89 Å². The highest BCUT2D eigenvalue weighted by Crippen LogP contribution is 2.26. The summed E-state index contributed by atoms with van der Waals surface area (Å²) in [5.41, 5.74) is 0.753. The Balaban J connectivity index is 1.64. The molecule has 1 aromatic carbocycles. The average molecular weight is 344 g/mol. The van der Waals surface area contributed by atoms with Crippen molar-refractivity contribution in [2.75, 3.05) is 7.11 Å². The molecule has 0 N–H and O–H groups in total. The zero-order chi connectivity index (χ0) is 16.9. The summed E-state index contributed by atoms with van der Waals surface area (Å²) in [5, 5.41) is 11.0. The van der Waals surface area contributed by atoms with Crippen molar-refractivity contribution < 1.29 is 14.1 Å². The highest BCUT2D eigenvalue weighted by molar-refractivity contribution is 7.98. The normalized spacial score (nSPS) is 10.5. The Bertz CT molecular complexity index is 833. The van der Waals surface area contributed by atoms with Gasteiger partial charge >= 0.3 is 5.69 Å². The van der Waals surface area contributed by atoms with Crippen LogP contribution in [0.15, 0.2) is 52.4 Å². The van der Waals surface area contributed by atoms with Gasteiger partial charge in [0, 0.05) is 5.56 Å². The Morgan fingerprint density at radius 2 is 1.88 bits per heavy atom. The highest BCUT2D eigenvalue weighted by Gasteiger charge is 2.10. The van der Waals surface area contributed by atoms with Crippen LogP contribution >= 0.6 is 11.8 Å². The van der Waals surface area contributed by atoms with E-state index in [4.69, 9.17) is 9.15 Å². The Morgan fingerprint density at radius 3 is 2.50 bits per heavy atom.